The van der Waals surface area contributed by atoms with Crippen LogP contribution in [0, 0.1) is 5.41 Å². The van der Waals surface area contributed by atoms with Crippen molar-refractivity contribution in [2.45, 2.75) is 62.9 Å². The largest absolute Gasteiger partial charge is 0.481 e. The molecular formula is C12H19NO2. The summed E-state index contributed by atoms with van der Waals surface area (Å²) in [6, 6.07) is 0.750. The third-order valence-electron chi connectivity index (χ3n) is 4.79. The van der Waals surface area contributed by atoms with Crippen molar-refractivity contribution in [3.05, 3.63) is 0 Å². The minimum atomic E-state index is -0.553. The van der Waals surface area contributed by atoms with Crippen LogP contribution < -0.4 is 5.32 Å². The highest BCUT2D eigenvalue weighted by Crippen LogP contribution is 2.53. The molecule has 0 unspecified atom stereocenters. The zero-order chi connectivity index (χ0) is 10.5. The number of hydrogen-bond acceptors (Lipinski definition) is 2. The van der Waals surface area contributed by atoms with Crippen LogP contribution in [0.15, 0.2) is 0 Å². The van der Waals surface area contributed by atoms with Crippen molar-refractivity contribution < 1.29 is 9.90 Å². The SMILES string of the molecule is O=C(O)C12CCC(NC3CC3)(CC1)CC2. The Hall–Kier alpha value is -0.570. The predicted octanol–water partition coefficient (Wildman–Crippen LogP) is 1.92. The molecule has 0 aromatic carbocycles. The zero-order valence-corrected chi connectivity index (χ0v) is 9.09. The van der Waals surface area contributed by atoms with Crippen LogP contribution in [0.4, 0.5) is 0 Å². The predicted molar refractivity (Wildman–Crippen MR) is 56.7 cm³/mol. The second-order valence-corrected chi connectivity index (χ2v) is 5.78. The Balaban J connectivity index is 1.72. The molecule has 4 fully saturated rings. The molecule has 4 aliphatic carbocycles. The van der Waals surface area contributed by atoms with Gasteiger partial charge in [-0.25, -0.2) is 0 Å². The van der Waals surface area contributed by atoms with Crippen molar-refractivity contribution >= 4 is 5.97 Å². The van der Waals surface area contributed by atoms with Crippen LogP contribution in [0.1, 0.15) is 51.4 Å². The van der Waals surface area contributed by atoms with Gasteiger partial charge in [0, 0.05) is 11.6 Å². The molecule has 15 heavy (non-hydrogen) atoms. The van der Waals surface area contributed by atoms with Gasteiger partial charge in [-0.15, -0.1) is 0 Å². The van der Waals surface area contributed by atoms with Gasteiger partial charge >= 0.3 is 5.97 Å². The second-order valence-electron chi connectivity index (χ2n) is 5.78. The molecule has 0 aliphatic heterocycles. The van der Waals surface area contributed by atoms with Gasteiger partial charge in [0.05, 0.1) is 5.41 Å². The summed E-state index contributed by atoms with van der Waals surface area (Å²) in [5.74, 6) is -0.553. The second kappa shape index (κ2) is 2.97. The zero-order valence-electron chi connectivity index (χ0n) is 9.09. The molecule has 2 bridgehead atoms. The van der Waals surface area contributed by atoms with Gasteiger partial charge < -0.3 is 10.4 Å². The first kappa shape index (κ1) is 9.64. The van der Waals surface area contributed by atoms with Crippen LogP contribution in [0.3, 0.4) is 0 Å². The highest BCUT2D eigenvalue weighted by Gasteiger charge is 2.53. The molecule has 0 spiro atoms. The molecule has 0 aromatic rings. The van der Waals surface area contributed by atoms with E-state index in [1.165, 1.54) is 12.8 Å². The Morgan fingerprint density at radius 3 is 2.00 bits per heavy atom. The van der Waals surface area contributed by atoms with Gasteiger partial charge in [-0.2, -0.15) is 0 Å². The fourth-order valence-electron chi connectivity index (χ4n) is 3.38. The van der Waals surface area contributed by atoms with Crippen molar-refractivity contribution in [3.8, 4) is 0 Å². The quantitative estimate of drug-likeness (QED) is 0.746. The van der Waals surface area contributed by atoms with Crippen LogP contribution in [-0.4, -0.2) is 22.7 Å². The summed E-state index contributed by atoms with van der Waals surface area (Å²) >= 11 is 0. The Morgan fingerprint density at radius 1 is 1.07 bits per heavy atom. The first-order valence-electron chi connectivity index (χ1n) is 6.15. The van der Waals surface area contributed by atoms with E-state index >= 15 is 0 Å². The molecule has 0 radical (unpaired) electrons. The van der Waals surface area contributed by atoms with E-state index in [0.717, 1.165) is 44.6 Å². The van der Waals surface area contributed by atoms with Gasteiger partial charge in [-0.05, 0) is 51.4 Å². The summed E-state index contributed by atoms with van der Waals surface area (Å²) in [5, 5.41) is 13.0. The van der Waals surface area contributed by atoms with Crippen molar-refractivity contribution in [2.75, 3.05) is 0 Å². The lowest BCUT2D eigenvalue weighted by Gasteiger charge is -2.52. The van der Waals surface area contributed by atoms with E-state index in [4.69, 9.17) is 0 Å². The maximum Gasteiger partial charge on any atom is 0.309 e. The van der Waals surface area contributed by atoms with Crippen LogP contribution >= 0.6 is 0 Å². The van der Waals surface area contributed by atoms with E-state index in [2.05, 4.69) is 5.32 Å². The Bertz CT molecular complexity index is 271. The normalized spacial score (nSPS) is 44.3. The highest BCUT2D eigenvalue weighted by atomic mass is 16.4. The molecule has 0 amide bonds. The smallest absolute Gasteiger partial charge is 0.309 e. The Labute approximate surface area is 90.2 Å². The molecule has 4 rings (SSSR count). The Morgan fingerprint density at radius 2 is 1.60 bits per heavy atom. The monoisotopic (exact) mass is 209 g/mol. The van der Waals surface area contributed by atoms with Crippen molar-refractivity contribution in [1.82, 2.24) is 5.32 Å². The third-order valence-corrected chi connectivity index (χ3v) is 4.79. The van der Waals surface area contributed by atoms with E-state index in [-0.39, 0.29) is 5.41 Å². The Kier molecular flexibility index (Phi) is 1.91. The fourth-order valence-corrected chi connectivity index (χ4v) is 3.38. The van der Waals surface area contributed by atoms with E-state index in [9.17, 15) is 9.90 Å². The topological polar surface area (TPSA) is 49.3 Å². The molecule has 84 valence electrons. The van der Waals surface area contributed by atoms with Crippen LogP contribution in [0.2, 0.25) is 0 Å². The van der Waals surface area contributed by atoms with Gasteiger partial charge in [0.25, 0.3) is 0 Å². The van der Waals surface area contributed by atoms with E-state index in [1.807, 2.05) is 0 Å². The summed E-state index contributed by atoms with van der Waals surface area (Å²) in [5.41, 5.74) is -0.0364. The molecule has 4 saturated carbocycles. The van der Waals surface area contributed by atoms with Crippen LogP contribution in [-0.2, 0) is 4.79 Å². The average molecular weight is 209 g/mol. The lowest BCUT2D eigenvalue weighted by Crippen LogP contribution is -2.57. The molecule has 3 nitrogen and oxygen atoms in total. The van der Waals surface area contributed by atoms with Gasteiger partial charge in [0.15, 0.2) is 0 Å². The van der Waals surface area contributed by atoms with Gasteiger partial charge in [0.1, 0.15) is 0 Å². The first-order chi connectivity index (χ1) is 7.14. The molecule has 0 heterocycles. The number of carboxylic acids is 1. The van der Waals surface area contributed by atoms with Gasteiger partial charge in [-0.1, -0.05) is 0 Å². The maximum absolute atomic E-state index is 11.3. The standard InChI is InChI=1S/C12H19NO2/c14-10(15)11-3-6-12(7-4-11,8-5-11)13-9-1-2-9/h9,13H,1-8H2,(H,14,15). The number of carboxylic acid groups (broad SMARTS) is 1. The molecular weight excluding hydrogens is 190 g/mol. The van der Waals surface area contributed by atoms with Crippen molar-refractivity contribution in [1.29, 1.82) is 0 Å². The van der Waals surface area contributed by atoms with Crippen molar-refractivity contribution in [2.24, 2.45) is 5.41 Å². The number of carbonyl (C=O) groups is 1. The molecule has 3 heteroatoms. The third kappa shape index (κ3) is 1.48. The van der Waals surface area contributed by atoms with E-state index in [0.29, 0.717) is 5.54 Å². The summed E-state index contributed by atoms with van der Waals surface area (Å²) in [7, 11) is 0. The number of rotatable bonds is 3. The summed E-state index contributed by atoms with van der Waals surface area (Å²) in [4.78, 5) is 11.3. The lowest BCUT2D eigenvalue weighted by molar-refractivity contribution is -0.156. The maximum atomic E-state index is 11.3. The minimum absolute atomic E-state index is 0.318. The number of fused-ring (bicyclic) bond motifs is 3. The van der Waals surface area contributed by atoms with E-state index < -0.39 is 5.97 Å². The number of hydrogen-bond donors (Lipinski definition) is 2. The van der Waals surface area contributed by atoms with Gasteiger partial charge in [-0.3, -0.25) is 4.79 Å². The molecule has 0 aromatic heterocycles. The van der Waals surface area contributed by atoms with Crippen LogP contribution in [0.5, 0.6) is 0 Å². The van der Waals surface area contributed by atoms with E-state index in [1.54, 1.807) is 0 Å². The number of nitrogens with one attached hydrogen (secondary N) is 1. The molecule has 0 saturated heterocycles. The fraction of sp³-hybridized carbons (Fsp3) is 0.917. The minimum Gasteiger partial charge on any atom is -0.481 e. The molecule has 0 atom stereocenters. The number of aliphatic carboxylic acids is 1. The molecule has 2 N–H and O–H groups in total. The van der Waals surface area contributed by atoms with Gasteiger partial charge in [0.2, 0.25) is 0 Å². The molecule has 4 aliphatic rings. The van der Waals surface area contributed by atoms with Crippen LogP contribution in [0.25, 0.3) is 0 Å². The summed E-state index contributed by atoms with van der Waals surface area (Å²) in [6.07, 6.45) is 8.56. The average Bonchev–Trinajstić information content (AvgIpc) is 3.04. The first-order valence-corrected chi connectivity index (χ1v) is 6.15. The summed E-state index contributed by atoms with van der Waals surface area (Å²) < 4.78 is 0. The lowest BCUT2D eigenvalue weighted by atomic mass is 9.57. The summed E-state index contributed by atoms with van der Waals surface area (Å²) in [6.45, 7) is 0. The highest BCUT2D eigenvalue weighted by molar-refractivity contribution is 5.75. The van der Waals surface area contributed by atoms with Crippen molar-refractivity contribution in [3.63, 3.8) is 0 Å².